The molecule has 0 aliphatic rings. The van der Waals surface area contributed by atoms with Crippen molar-refractivity contribution in [2.45, 2.75) is 12.4 Å². The van der Waals surface area contributed by atoms with Crippen LogP contribution in [0.25, 0.3) is 0 Å². The van der Waals surface area contributed by atoms with Crippen LogP contribution in [0.5, 0.6) is 0 Å². The highest BCUT2D eigenvalue weighted by atomic mass is 19.4. The lowest BCUT2D eigenvalue weighted by Gasteiger charge is -2.14. The predicted octanol–water partition coefficient (Wildman–Crippen LogP) is 8.67. The van der Waals surface area contributed by atoms with Crippen LogP contribution in [0.1, 0.15) is 22.3 Å². The molecule has 0 radical (unpaired) electrons. The van der Waals surface area contributed by atoms with Gasteiger partial charge in [-0.05, 0) is 48.5 Å². The van der Waals surface area contributed by atoms with Crippen LogP contribution < -0.4 is 0 Å². The minimum Gasteiger partial charge on any atom is -0.246 e. The van der Waals surface area contributed by atoms with Crippen LogP contribution in [0.2, 0.25) is 0 Å². The minimum atomic E-state index is -4.52. The van der Waals surface area contributed by atoms with Gasteiger partial charge >= 0.3 is 12.4 Å². The summed E-state index contributed by atoms with van der Waals surface area (Å²) in [6.07, 6.45) is -9.05. The Morgan fingerprint density at radius 1 is 0.417 bits per heavy atom. The number of rotatable bonds is 5. The van der Waals surface area contributed by atoms with Crippen LogP contribution in [0.3, 0.4) is 0 Å². The molecule has 0 heterocycles. The summed E-state index contributed by atoms with van der Waals surface area (Å²) in [6.45, 7) is 0. The Kier molecular flexibility index (Phi) is 7.05. The molecule has 0 amide bonds. The largest absolute Gasteiger partial charge is 0.416 e. The van der Waals surface area contributed by atoms with Crippen molar-refractivity contribution >= 4 is 22.8 Å². The van der Waals surface area contributed by atoms with Crippen LogP contribution >= 0.6 is 0 Å². The van der Waals surface area contributed by atoms with Gasteiger partial charge in [-0.3, -0.25) is 0 Å². The number of hydrogen-bond donors (Lipinski definition) is 0. The van der Waals surface area contributed by atoms with Crippen molar-refractivity contribution in [2.75, 3.05) is 0 Å². The van der Waals surface area contributed by atoms with E-state index in [1.807, 2.05) is 0 Å². The predicted molar refractivity (Wildman–Crippen MR) is 128 cm³/mol. The third-order valence-corrected chi connectivity index (χ3v) is 5.19. The molecule has 0 aliphatic carbocycles. The first kappa shape index (κ1) is 24.9. The fourth-order valence-corrected chi connectivity index (χ4v) is 3.41. The van der Waals surface area contributed by atoms with Crippen LogP contribution in [-0.2, 0) is 12.4 Å². The molecular formula is C28H18F6N2. The number of nitrogens with zero attached hydrogens (tertiary/aromatic N) is 2. The van der Waals surface area contributed by atoms with E-state index in [0.29, 0.717) is 22.5 Å². The fourth-order valence-electron chi connectivity index (χ4n) is 3.41. The van der Waals surface area contributed by atoms with Gasteiger partial charge in [0.1, 0.15) is 0 Å². The zero-order valence-corrected chi connectivity index (χ0v) is 18.6. The highest BCUT2D eigenvalue weighted by molar-refractivity contribution is 6.54. The Labute approximate surface area is 203 Å². The molecule has 0 unspecified atom stereocenters. The summed E-state index contributed by atoms with van der Waals surface area (Å²) < 4.78 is 79.0. The number of alkyl halides is 6. The maximum atomic E-state index is 13.2. The summed E-state index contributed by atoms with van der Waals surface area (Å²) in [7, 11) is 0. The SMILES string of the molecule is FC(F)(F)c1ccc(C(=Nc2ccccc2)C(=Nc2ccccc2)c2ccc(C(F)(F)F)cc2)cc1. The highest BCUT2D eigenvalue weighted by Crippen LogP contribution is 2.31. The second-order valence-electron chi connectivity index (χ2n) is 7.74. The van der Waals surface area contributed by atoms with Crippen molar-refractivity contribution < 1.29 is 26.3 Å². The molecule has 182 valence electrons. The Balaban J connectivity index is 1.92. The summed E-state index contributed by atoms with van der Waals surface area (Å²) in [4.78, 5) is 9.29. The van der Waals surface area contributed by atoms with E-state index in [0.717, 1.165) is 24.3 Å². The van der Waals surface area contributed by atoms with Gasteiger partial charge in [0.15, 0.2) is 0 Å². The summed E-state index contributed by atoms with van der Waals surface area (Å²) >= 11 is 0. The van der Waals surface area contributed by atoms with Gasteiger partial charge in [0.05, 0.1) is 33.9 Å². The number of aliphatic imine (C=N–C) groups is 2. The van der Waals surface area contributed by atoms with Crippen LogP contribution in [0, 0.1) is 0 Å². The molecule has 4 aromatic rings. The van der Waals surface area contributed by atoms with Crippen molar-refractivity contribution in [2.24, 2.45) is 9.98 Å². The van der Waals surface area contributed by atoms with Gasteiger partial charge in [-0.2, -0.15) is 26.3 Å². The van der Waals surface area contributed by atoms with E-state index < -0.39 is 23.5 Å². The molecular weight excluding hydrogens is 478 g/mol. The van der Waals surface area contributed by atoms with Gasteiger partial charge in [0.25, 0.3) is 0 Å². The lowest BCUT2D eigenvalue weighted by atomic mass is 9.97. The van der Waals surface area contributed by atoms with E-state index in [9.17, 15) is 26.3 Å². The van der Waals surface area contributed by atoms with Crippen LogP contribution in [-0.4, -0.2) is 11.4 Å². The van der Waals surface area contributed by atoms with Gasteiger partial charge in [-0.25, -0.2) is 9.98 Å². The Morgan fingerprint density at radius 2 is 0.722 bits per heavy atom. The number of para-hydroxylation sites is 2. The molecule has 0 aromatic heterocycles. The van der Waals surface area contributed by atoms with Crippen molar-refractivity contribution in [3.05, 3.63) is 131 Å². The second kappa shape index (κ2) is 10.2. The van der Waals surface area contributed by atoms with Gasteiger partial charge in [0, 0.05) is 11.1 Å². The van der Waals surface area contributed by atoms with E-state index in [1.54, 1.807) is 60.7 Å². The minimum absolute atomic E-state index is 0.207. The molecule has 8 heteroatoms. The average Bonchev–Trinajstić information content (AvgIpc) is 2.86. The first-order chi connectivity index (χ1) is 17.1. The number of halogens is 6. The fraction of sp³-hybridized carbons (Fsp3) is 0.0714. The Hall–Kier alpha value is -4.20. The average molecular weight is 496 g/mol. The molecule has 0 saturated heterocycles. The highest BCUT2D eigenvalue weighted by Gasteiger charge is 2.31. The van der Waals surface area contributed by atoms with Gasteiger partial charge in [-0.15, -0.1) is 0 Å². The Bertz CT molecular complexity index is 1250. The second-order valence-corrected chi connectivity index (χ2v) is 7.74. The normalized spacial score (nSPS) is 13.1. The number of hydrogen-bond acceptors (Lipinski definition) is 2. The molecule has 4 rings (SSSR count). The number of benzene rings is 4. The lowest BCUT2D eigenvalue weighted by Crippen LogP contribution is -2.18. The smallest absolute Gasteiger partial charge is 0.246 e. The molecule has 0 bridgehead atoms. The van der Waals surface area contributed by atoms with E-state index in [-0.39, 0.29) is 11.4 Å². The van der Waals surface area contributed by atoms with Crippen LogP contribution in [0.15, 0.2) is 119 Å². The van der Waals surface area contributed by atoms with Crippen molar-refractivity contribution in [3.63, 3.8) is 0 Å². The summed E-state index contributed by atoms with van der Waals surface area (Å²) in [6, 6.07) is 26.2. The maximum Gasteiger partial charge on any atom is 0.416 e. The first-order valence-corrected chi connectivity index (χ1v) is 10.7. The third kappa shape index (κ3) is 6.07. The van der Waals surface area contributed by atoms with Gasteiger partial charge < -0.3 is 0 Å². The quantitative estimate of drug-likeness (QED) is 0.195. The van der Waals surface area contributed by atoms with Crippen molar-refractivity contribution in [1.82, 2.24) is 0 Å². The van der Waals surface area contributed by atoms with Gasteiger partial charge in [0.2, 0.25) is 0 Å². The zero-order valence-electron chi connectivity index (χ0n) is 18.6. The zero-order chi connectivity index (χ0) is 25.8. The van der Waals surface area contributed by atoms with E-state index in [4.69, 9.17) is 0 Å². The summed E-state index contributed by atoms with van der Waals surface area (Å²) in [5.41, 5.74) is 0.392. The molecule has 0 atom stereocenters. The van der Waals surface area contributed by atoms with E-state index in [1.165, 1.54) is 24.3 Å². The van der Waals surface area contributed by atoms with E-state index in [2.05, 4.69) is 9.98 Å². The molecule has 0 spiro atoms. The summed E-state index contributed by atoms with van der Waals surface area (Å²) in [5.74, 6) is 0. The van der Waals surface area contributed by atoms with Crippen LogP contribution in [0.4, 0.5) is 37.7 Å². The maximum absolute atomic E-state index is 13.2. The first-order valence-electron chi connectivity index (χ1n) is 10.7. The monoisotopic (exact) mass is 496 g/mol. The molecule has 2 nitrogen and oxygen atoms in total. The topological polar surface area (TPSA) is 24.7 Å². The molecule has 0 fully saturated rings. The molecule has 0 saturated carbocycles. The third-order valence-electron chi connectivity index (χ3n) is 5.19. The van der Waals surface area contributed by atoms with Crippen molar-refractivity contribution in [3.8, 4) is 0 Å². The molecule has 4 aromatic carbocycles. The van der Waals surface area contributed by atoms with Crippen molar-refractivity contribution in [1.29, 1.82) is 0 Å². The molecule has 0 N–H and O–H groups in total. The van der Waals surface area contributed by atoms with E-state index >= 15 is 0 Å². The van der Waals surface area contributed by atoms with Gasteiger partial charge in [-0.1, -0.05) is 60.7 Å². The standard InChI is InChI=1S/C28H18F6N2/c29-27(30,31)21-15-11-19(12-16-21)25(35-23-7-3-1-4-8-23)26(36-24-9-5-2-6-10-24)20-13-17-22(18-14-20)28(32,33)34/h1-18H. The summed E-state index contributed by atoms with van der Waals surface area (Å²) in [5, 5.41) is 0. The molecule has 0 aliphatic heterocycles. The lowest BCUT2D eigenvalue weighted by molar-refractivity contribution is -0.138. The Morgan fingerprint density at radius 3 is 1.00 bits per heavy atom. The molecule has 36 heavy (non-hydrogen) atoms.